The van der Waals surface area contributed by atoms with Gasteiger partial charge in [0.2, 0.25) is 0 Å². The molecule has 0 spiro atoms. The molecule has 0 radical (unpaired) electrons. The van der Waals surface area contributed by atoms with Gasteiger partial charge in [0.05, 0.1) is 0 Å². The molecule has 0 saturated heterocycles. The second kappa shape index (κ2) is 8.72. The second-order valence-corrected chi connectivity index (χ2v) is 4.98. The van der Waals surface area contributed by atoms with E-state index >= 15 is 0 Å². The van der Waals surface area contributed by atoms with E-state index in [9.17, 15) is 9.59 Å². The highest BCUT2D eigenvalue weighted by atomic mass is 16.4. The molecule has 0 aliphatic heterocycles. The monoisotopic (exact) mass is 256 g/mol. The third-order valence-electron chi connectivity index (χ3n) is 2.77. The molecule has 0 aromatic rings. The smallest absolute Gasteiger partial charge is 0.332 e. The number of carboxylic acids is 2. The average molecular weight is 256 g/mol. The van der Waals surface area contributed by atoms with E-state index in [0.29, 0.717) is 12.8 Å². The minimum Gasteiger partial charge on any atom is -0.478 e. The molecule has 0 heterocycles. The zero-order valence-corrected chi connectivity index (χ0v) is 11.5. The molecule has 0 aliphatic carbocycles. The van der Waals surface area contributed by atoms with Crippen molar-refractivity contribution in [2.75, 3.05) is 0 Å². The van der Waals surface area contributed by atoms with Crippen LogP contribution in [0, 0.1) is 5.92 Å². The fourth-order valence-corrected chi connectivity index (χ4v) is 1.86. The minimum absolute atomic E-state index is 0.0639. The van der Waals surface area contributed by atoms with Crippen molar-refractivity contribution in [3.63, 3.8) is 0 Å². The summed E-state index contributed by atoms with van der Waals surface area (Å²) in [5.74, 6) is -2.05. The van der Waals surface area contributed by atoms with Gasteiger partial charge in [0.1, 0.15) is 0 Å². The summed E-state index contributed by atoms with van der Waals surface area (Å²) in [5.41, 5.74) is 0.140. The largest absolute Gasteiger partial charge is 0.478 e. The third-order valence-corrected chi connectivity index (χ3v) is 2.77. The molecule has 0 atom stereocenters. The van der Waals surface area contributed by atoms with Crippen molar-refractivity contribution in [3.05, 3.63) is 11.1 Å². The van der Waals surface area contributed by atoms with Crippen LogP contribution in [0.25, 0.3) is 0 Å². The van der Waals surface area contributed by atoms with Crippen LogP contribution < -0.4 is 0 Å². The molecule has 104 valence electrons. The van der Waals surface area contributed by atoms with E-state index in [2.05, 4.69) is 6.92 Å². The van der Waals surface area contributed by atoms with Crippen molar-refractivity contribution < 1.29 is 19.8 Å². The average Bonchev–Trinajstić information content (AvgIpc) is 2.25. The van der Waals surface area contributed by atoms with Gasteiger partial charge < -0.3 is 10.2 Å². The number of rotatable bonds is 9. The first-order valence-electron chi connectivity index (χ1n) is 6.58. The Hall–Kier alpha value is -1.32. The first-order chi connectivity index (χ1) is 8.40. The van der Waals surface area contributed by atoms with Crippen LogP contribution in [0.4, 0.5) is 0 Å². The molecule has 2 N–H and O–H groups in total. The molecule has 0 aromatic carbocycles. The number of hydrogen-bond acceptors (Lipinski definition) is 2. The molecule has 0 fully saturated rings. The van der Waals surface area contributed by atoms with Crippen molar-refractivity contribution in [2.24, 2.45) is 5.92 Å². The minimum atomic E-state index is -1.10. The lowest BCUT2D eigenvalue weighted by Gasteiger charge is -2.11. The van der Waals surface area contributed by atoms with E-state index in [0.717, 1.165) is 25.7 Å². The van der Waals surface area contributed by atoms with Gasteiger partial charge in [-0.05, 0) is 25.2 Å². The van der Waals surface area contributed by atoms with Crippen molar-refractivity contribution in [1.29, 1.82) is 0 Å². The van der Waals surface area contributed by atoms with Gasteiger partial charge in [-0.25, -0.2) is 9.59 Å². The van der Waals surface area contributed by atoms with Crippen LogP contribution in [0.2, 0.25) is 0 Å². The first kappa shape index (κ1) is 16.7. The highest BCUT2D eigenvalue weighted by Gasteiger charge is 2.20. The van der Waals surface area contributed by atoms with Crippen molar-refractivity contribution in [2.45, 2.75) is 59.3 Å². The Labute approximate surface area is 109 Å². The quantitative estimate of drug-likeness (QED) is 0.489. The summed E-state index contributed by atoms with van der Waals surface area (Å²) in [6.45, 7) is 5.86. The number of carboxylic acid groups (broad SMARTS) is 2. The van der Waals surface area contributed by atoms with Crippen LogP contribution in [0.5, 0.6) is 0 Å². The maximum absolute atomic E-state index is 11.2. The Morgan fingerprint density at radius 2 is 1.50 bits per heavy atom. The molecule has 0 aromatic heterocycles. The van der Waals surface area contributed by atoms with Crippen LogP contribution in [-0.2, 0) is 9.59 Å². The summed E-state index contributed by atoms with van der Waals surface area (Å²) in [4.78, 5) is 22.3. The Morgan fingerprint density at radius 1 is 0.944 bits per heavy atom. The normalized spacial score (nSPS) is 12.4. The predicted molar refractivity (Wildman–Crippen MR) is 70.5 cm³/mol. The Balaban J connectivity index is 4.86. The van der Waals surface area contributed by atoms with E-state index in [1.807, 2.05) is 13.8 Å². The van der Waals surface area contributed by atoms with E-state index in [1.165, 1.54) is 0 Å². The number of carbonyl (C=O) groups is 2. The fourth-order valence-electron chi connectivity index (χ4n) is 1.86. The summed E-state index contributed by atoms with van der Waals surface area (Å²) in [6.07, 6.45) is 4.48. The van der Waals surface area contributed by atoms with E-state index in [4.69, 9.17) is 10.2 Å². The summed E-state index contributed by atoms with van der Waals surface area (Å²) in [6, 6.07) is 0. The fraction of sp³-hybridized carbons (Fsp3) is 0.714. The number of aliphatic carboxylic acids is 2. The van der Waals surface area contributed by atoms with Crippen LogP contribution >= 0.6 is 0 Å². The van der Waals surface area contributed by atoms with E-state index in [1.54, 1.807) is 0 Å². The highest BCUT2D eigenvalue weighted by molar-refractivity contribution is 5.98. The molecule has 0 bridgehead atoms. The van der Waals surface area contributed by atoms with Gasteiger partial charge in [0.25, 0.3) is 0 Å². The van der Waals surface area contributed by atoms with Gasteiger partial charge in [-0.15, -0.1) is 0 Å². The molecule has 0 rings (SSSR count). The van der Waals surface area contributed by atoms with Crippen LogP contribution in [0.1, 0.15) is 59.3 Å². The van der Waals surface area contributed by atoms with Gasteiger partial charge >= 0.3 is 11.9 Å². The Kier molecular flexibility index (Phi) is 8.08. The summed E-state index contributed by atoms with van der Waals surface area (Å²) in [5, 5.41) is 18.3. The maximum atomic E-state index is 11.2. The SMILES string of the molecule is CCCCCCC(C(=O)O)=C(CC(C)C)C(=O)O. The number of unbranched alkanes of at least 4 members (excludes halogenated alkanes) is 3. The van der Waals surface area contributed by atoms with Crippen molar-refractivity contribution in [3.8, 4) is 0 Å². The van der Waals surface area contributed by atoms with Gasteiger partial charge in [-0.1, -0.05) is 40.0 Å². The Morgan fingerprint density at radius 3 is 1.89 bits per heavy atom. The summed E-state index contributed by atoms with van der Waals surface area (Å²) < 4.78 is 0. The van der Waals surface area contributed by atoms with E-state index in [-0.39, 0.29) is 17.1 Å². The molecule has 18 heavy (non-hydrogen) atoms. The topological polar surface area (TPSA) is 74.6 Å². The number of hydrogen-bond donors (Lipinski definition) is 2. The molecule has 0 amide bonds. The van der Waals surface area contributed by atoms with Crippen LogP contribution in [0.3, 0.4) is 0 Å². The van der Waals surface area contributed by atoms with Gasteiger partial charge in [0.15, 0.2) is 0 Å². The lowest BCUT2D eigenvalue weighted by Crippen LogP contribution is -2.13. The standard InChI is InChI=1S/C14H24O4/c1-4-5-6-7-8-11(13(15)16)12(14(17)18)9-10(2)3/h10H,4-9H2,1-3H3,(H,15,16)(H,17,18). The van der Waals surface area contributed by atoms with E-state index < -0.39 is 11.9 Å². The van der Waals surface area contributed by atoms with Crippen LogP contribution in [-0.4, -0.2) is 22.2 Å². The molecule has 0 saturated carbocycles. The molecule has 4 heteroatoms. The third kappa shape index (κ3) is 6.42. The van der Waals surface area contributed by atoms with Crippen molar-refractivity contribution >= 4 is 11.9 Å². The van der Waals surface area contributed by atoms with Gasteiger partial charge in [-0.2, -0.15) is 0 Å². The Bertz CT molecular complexity index is 316. The predicted octanol–water partition coefficient (Wildman–Crippen LogP) is 3.47. The maximum Gasteiger partial charge on any atom is 0.332 e. The summed E-state index contributed by atoms with van der Waals surface area (Å²) >= 11 is 0. The summed E-state index contributed by atoms with van der Waals surface area (Å²) in [7, 11) is 0. The van der Waals surface area contributed by atoms with Gasteiger partial charge in [-0.3, -0.25) is 0 Å². The molecule has 0 unspecified atom stereocenters. The first-order valence-corrected chi connectivity index (χ1v) is 6.58. The molecular weight excluding hydrogens is 232 g/mol. The lowest BCUT2D eigenvalue weighted by molar-refractivity contribution is -0.136. The highest BCUT2D eigenvalue weighted by Crippen LogP contribution is 2.21. The van der Waals surface area contributed by atoms with Crippen LogP contribution in [0.15, 0.2) is 11.1 Å². The zero-order valence-electron chi connectivity index (χ0n) is 11.5. The molecule has 4 nitrogen and oxygen atoms in total. The van der Waals surface area contributed by atoms with Gasteiger partial charge in [0, 0.05) is 11.1 Å². The zero-order chi connectivity index (χ0) is 14.1. The van der Waals surface area contributed by atoms with Crippen molar-refractivity contribution in [1.82, 2.24) is 0 Å². The lowest BCUT2D eigenvalue weighted by atomic mass is 9.94. The molecular formula is C14H24O4. The second-order valence-electron chi connectivity index (χ2n) is 4.98. The molecule has 0 aliphatic rings.